The lowest BCUT2D eigenvalue weighted by Gasteiger charge is -2.39. The van der Waals surface area contributed by atoms with Gasteiger partial charge in [0.25, 0.3) is 0 Å². The molecule has 12 heteroatoms. The molecule has 268 valence electrons. The number of aryl methyl sites for hydroxylation is 2. The maximum atomic E-state index is 17.2. The van der Waals surface area contributed by atoms with Crippen LogP contribution in [0.3, 0.4) is 0 Å². The fourth-order valence-corrected chi connectivity index (χ4v) is 9.32. The first-order chi connectivity index (χ1) is 25.1. The van der Waals surface area contributed by atoms with E-state index in [2.05, 4.69) is 41.0 Å². The molecule has 2 aromatic carbocycles. The normalized spacial score (nSPS) is 23.9. The number of nitrogens with one attached hydrogen (secondary N) is 1. The van der Waals surface area contributed by atoms with E-state index in [-0.39, 0.29) is 59.1 Å². The third kappa shape index (κ3) is 5.38. The lowest BCUT2D eigenvalue weighted by atomic mass is 9.79. The first kappa shape index (κ1) is 33.7. The average molecular weight is 741 g/mol. The number of ether oxygens (including phenoxy) is 1. The lowest BCUT2D eigenvalue weighted by molar-refractivity contribution is -0.133. The minimum atomic E-state index is -0.481. The topological polar surface area (TPSA) is 101 Å². The first-order valence-corrected chi connectivity index (χ1v) is 19.1. The Kier molecular flexibility index (Phi) is 8.25. The summed E-state index contributed by atoms with van der Waals surface area (Å²) in [4.78, 5) is 21.0. The maximum absolute atomic E-state index is 17.2. The van der Waals surface area contributed by atoms with Gasteiger partial charge in [-0.1, -0.05) is 35.3 Å². The van der Waals surface area contributed by atoms with Crippen LogP contribution in [0.4, 0.5) is 4.39 Å². The van der Waals surface area contributed by atoms with E-state index in [1.165, 1.54) is 0 Å². The number of nitriles is 1. The minimum absolute atomic E-state index is 0.0436. The van der Waals surface area contributed by atoms with Crippen LogP contribution >= 0.6 is 23.2 Å². The van der Waals surface area contributed by atoms with E-state index < -0.39 is 5.82 Å². The van der Waals surface area contributed by atoms with Gasteiger partial charge in [0.2, 0.25) is 5.91 Å². The van der Waals surface area contributed by atoms with Gasteiger partial charge < -0.3 is 19.5 Å². The highest BCUT2D eigenvalue weighted by atomic mass is 35.5. The molecule has 0 radical (unpaired) electrons. The van der Waals surface area contributed by atoms with Gasteiger partial charge in [0.15, 0.2) is 11.6 Å². The van der Waals surface area contributed by atoms with E-state index >= 15 is 4.39 Å². The molecule has 5 atom stereocenters. The summed E-state index contributed by atoms with van der Waals surface area (Å²) in [5.74, 6) is 0.848. The summed E-state index contributed by atoms with van der Waals surface area (Å²) < 4.78 is 28.0. The van der Waals surface area contributed by atoms with Gasteiger partial charge in [-0.3, -0.25) is 9.48 Å². The van der Waals surface area contributed by atoms with E-state index in [1.54, 1.807) is 24.4 Å². The molecule has 2 bridgehead atoms. The van der Waals surface area contributed by atoms with Crippen LogP contribution in [0, 0.1) is 35.9 Å². The first-order valence-electron chi connectivity index (χ1n) is 18.3. The molecule has 3 saturated heterocycles. The number of hydrogen-bond acceptors (Lipinski definition) is 6. The summed E-state index contributed by atoms with van der Waals surface area (Å²) in [5, 5.41) is 20.0. The van der Waals surface area contributed by atoms with E-state index in [4.69, 9.17) is 32.9 Å². The third-order valence-electron chi connectivity index (χ3n) is 11.7. The Bertz CT molecular complexity index is 2290. The Balaban J connectivity index is 1.24. The van der Waals surface area contributed by atoms with Gasteiger partial charge in [-0.2, -0.15) is 10.4 Å². The Labute approximate surface area is 311 Å². The molecule has 5 fully saturated rings. The predicted octanol–water partition coefficient (Wildman–Crippen LogP) is 8.51. The monoisotopic (exact) mass is 739 g/mol. The van der Waals surface area contributed by atoms with Crippen molar-refractivity contribution in [3.63, 3.8) is 0 Å². The molecule has 2 aliphatic carbocycles. The van der Waals surface area contributed by atoms with Crippen LogP contribution in [0.25, 0.3) is 32.9 Å². The summed E-state index contributed by atoms with van der Waals surface area (Å²) in [5.41, 5.74) is 4.39. The highest BCUT2D eigenvalue weighted by Crippen LogP contribution is 2.51. The largest absolute Gasteiger partial charge is 0.485 e. The Hall–Kier alpha value is -4.17. The molecule has 1 amide bonds. The van der Waals surface area contributed by atoms with Crippen LogP contribution in [-0.2, 0) is 11.2 Å². The fourth-order valence-electron chi connectivity index (χ4n) is 8.93. The van der Waals surface area contributed by atoms with Crippen molar-refractivity contribution in [1.29, 1.82) is 5.26 Å². The van der Waals surface area contributed by atoms with Crippen molar-refractivity contribution in [2.45, 2.75) is 89.6 Å². The molecule has 3 aromatic heterocycles. The quantitative estimate of drug-likeness (QED) is 0.163. The molecular formula is C40H40Cl2FN7O2. The molecule has 1 N–H and O–H groups in total. The standard InChI is InChI=1S/C40H40Cl2FN7O2/c1-20(2)49-19-26(17-46-49)52-25-14-32(48(18-25)40(51)22-9-10-22)33-15-28-21(3)47-37-29(39(28)50(33)38-24-13-31(38)45-16-24)12-23(6-5-11-44)34(36(37)43)27-7-4-8-30(41)35(27)42/h4,7-8,12,15,17,19-20,22,24-25,31-32,38,45H,5-6,9-10,13-14,16,18H2,1-3H3. The second-order valence-electron chi connectivity index (χ2n) is 15.3. The number of aromatic nitrogens is 4. The molecule has 5 aliphatic rings. The Morgan fingerprint density at radius 2 is 2.02 bits per heavy atom. The molecule has 2 saturated carbocycles. The number of nitrogens with zero attached hydrogens (tertiary/aromatic N) is 6. The maximum Gasteiger partial charge on any atom is 0.226 e. The number of hydrogen-bond donors (Lipinski definition) is 1. The SMILES string of the molecule is Cc1nc2c(F)c(-c3cccc(Cl)c3Cl)c(CCC#N)cc2c2c1cc(C1CC(Oc3cnn(C(C)C)c3)CN1C(=O)C1CC1)n2C1C2CNC1C2. The summed E-state index contributed by atoms with van der Waals surface area (Å²) in [6.45, 7) is 7.48. The number of amides is 1. The van der Waals surface area contributed by atoms with Gasteiger partial charge in [-0.15, -0.1) is 0 Å². The summed E-state index contributed by atoms with van der Waals surface area (Å²) in [6.07, 6.45) is 7.52. The molecule has 3 aliphatic heterocycles. The third-order valence-corrected chi connectivity index (χ3v) is 12.5. The van der Waals surface area contributed by atoms with Crippen molar-refractivity contribution in [2.24, 2.45) is 11.8 Å². The van der Waals surface area contributed by atoms with Gasteiger partial charge in [0, 0.05) is 70.7 Å². The second-order valence-corrected chi connectivity index (χ2v) is 16.1. The number of fused-ring (bicyclic) bond motifs is 4. The van der Waals surface area contributed by atoms with Crippen LogP contribution in [0.1, 0.15) is 81.0 Å². The highest BCUT2D eigenvalue weighted by molar-refractivity contribution is 6.43. The molecule has 10 rings (SSSR count). The van der Waals surface area contributed by atoms with Crippen molar-refractivity contribution >= 4 is 50.9 Å². The Morgan fingerprint density at radius 1 is 1.19 bits per heavy atom. The molecule has 0 spiro atoms. The molecular weight excluding hydrogens is 700 g/mol. The van der Waals surface area contributed by atoms with E-state index in [0.29, 0.717) is 63.8 Å². The fraction of sp³-hybridized carbons (Fsp3) is 0.450. The van der Waals surface area contributed by atoms with Crippen molar-refractivity contribution in [2.75, 3.05) is 13.1 Å². The van der Waals surface area contributed by atoms with Gasteiger partial charge in [-0.05, 0) is 76.1 Å². The average Bonchev–Trinajstić information content (AvgIpc) is 3.59. The second kappa shape index (κ2) is 12.8. The number of carbonyl (C=O) groups excluding carboxylic acids is 1. The molecule has 52 heavy (non-hydrogen) atoms. The predicted molar refractivity (Wildman–Crippen MR) is 199 cm³/mol. The van der Waals surface area contributed by atoms with Crippen LogP contribution in [0.2, 0.25) is 10.0 Å². The number of halogens is 3. The summed E-state index contributed by atoms with van der Waals surface area (Å²) in [7, 11) is 0. The molecule has 9 nitrogen and oxygen atoms in total. The van der Waals surface area contributed by atoms with Crippen LogP contribution < -0.4 is 10.1 Å². The number of rotatable bonds is 9. The van der Waals surface area contributed by atoms with Crippen LogP contribution in [-0.4, -0.2) is 55.4 Å². The zero-order chi connectivity index (χ0) is 36.0. The van der Waals surface area contributed by atoms with Crippen molar-refractivity contribution < 1.29 is 13.9 Å². The molecule has 6 heterocycles. The molecule has 5 unspecified atom stereocenters. The van der Waals surface area contributed by atoms with Crippen LogP contribution in [0.15, 0.2) is 42.7 Å². The lowest BCUT2D eigenvalue weighted by Crippen LogP contribution is -2.41. The minimum Gasteiger partial charge on any atom is -0.485 e. The molecule has 5 aromatic rings. The zero-order valence-electron chi connectivity index (χ0n) is 29.4. The van der Waals surface area contributed by atoms with E-state index in [1.807, 2.05) is 28.8 Å². The summed E-state index contributed by atoms with van der Waals surface area (Å²) in [6, 6.07) is 12.0. The van der Waals surface area contributed by atoms with Crippen molar-refractivity contribution in [3.05, 3.63) is 75.5 Å². The number of benzene rings is 2. The summed E-state index contributed by atoms with van der Waals surface area (Å²) >= 11 is 13.1. The van der Waals surface area contributed by atoms with E-state index in [9.17, 15) is 10.1 Å². The highest BCUT2D eigenvalue weighted by Gasteiger charge is 2.51. The number of pyridine rings is 1. The van der Waals surface area contributed by atoms with Gasteiger partial charge >= 0.3 is 0 Å². The van der Waals surface area contributed by atoms with Gasteiger partial charge in [-0.25, -0.2) is 9.37 Å². The van der Waals surface area contributed by atoms with Gasteiger partial charge in [0.05, 0.1) is 52.7 Å². The van der Waals surface area contributed by atoms with Gasteiger partial charge in [0.1, 0.15) is 11.6 Å². The van der Waals surface area contributed by atoms with Crippen molar-refractivity contribution in [1.82, 2.24) is 29.5 Å². The zero-order valence-corrected chi connectivity index (χ0v) is 30.9. The van der Waals surface area contributed by atoms with E-state index in [0.717, 1.165) is 42.4 Å². The van der Waals surface area contributed by atoms with Crippen molar-refractivity contribution in [3.8, 4) is 22.9 Å². The Morgan fingerprint density at radius 3 is 2.71 bits per heavy atom. The smallest absolute Gasteiger partial charge is 0.226 e. The number of likely N-dealkylation sites (tertiary alicyclic amines) is 1. The van der Waals surface area contributed by atoms with Crippen LogP contribution in [0.5, 0.6) is 5.75 Å². The number of carbonyl (C=O) groups is 1.